The number of carbonyl (C=O) groups is 1. The van der Waals surface area contributed by atoms with E-state index in [4.69, 9.17) is 4.74 Å². The number of hydrogen-bond donors (Lipinski definition) is 2. The number of ether oxygens (including phenoxy) is 1. The van der Waals surface area contributed by atoms with Crippen LogP contribution in [0.1, 0.15) is 34.5 Å². The maximum atomic E-state index is 12.3. The highest BCUT2D eigenvalue weighted by atomic mass is 16.5. The predicted molar refractivity (Wildman–Crippen MR) is 79.1 cm³/mol. The molecule has 1 atom stereocenters. The molecule has 2 aromatic rings. The third-order valence-corrected chi connectivity index (χ3v) is 3.96. The van der Waals surface area contributed by atoms with Crippen molar-refractivity contribution in [3.05, 3.63) is 35.0 Å². The lowest BCUT2D eigenvalue weighted by molar-refractivity contribution is 0.0854. The molecule has 1 fully saturated rings. The SMILES string of the molecule is Cc1ccc2[nH]c(C(=O)NCC3CCCO3)c(C)c2c1. The van der Waals surface area contributed by atoms with Crippen molar-refractivity contribution in [2.75, 3.05) is 13.2 Å². The molecule has 1 aromatic heterocycles. The molecule has 0 radical (unpaired) electrons. The molecule has 2 heterocycles. The van der Waals surface area contributed by atoms with Crippen molar-refractivity contribution in [2.45, 2.75) is 32.8 Å². The highest BCUT2D eigenvalue weighted by Gasteiger charge is 2.19. The van der Waals surface area contributed by atoms with E-state index in [1.54, 1.807) is 0 Å². The Bertz CT molecular complexity index is 639. The number of aromatic nitrogens is 1. The van der Waals surface area contributed by atoms with Gasteiger partial charge in [-0.25, -0.2) is 0 Å². The van der Waals surface area contributed by atoms with Gasteiger partial charge < -0.3 is 15.0 Å². The Morgan fingerprint density at radius 2 is 2.30 bits per heavy atom. The van der Waals surface area contributed by atoms with Crippen molar-refractivity contribution < 1.29 is 9.53 Å². The molecule has 4 heteroatoms. The third-order valence-electron chi connectivity index (χ3n) is 3.96. The number of amides is 1. The quantitative estimate of drug-likeness (QED) is 0.902. The summed E-state index contributed by atoms with van der Waals surface area (Å²) in [6, 6.07) is 6.18. The molecule has 106 valence electrons. The van der Waals surface area contributed by atoms with Gasteiger partial charge in [-0.1, -0.05) is 11.6 Å². The van der Waals surface area contributed by atoms with Crippen LogP contribution in [0.2, 0.25) is 0 Å². The van der Waals surface area contributed by atoms with E-state index in [9.17, 15) is 4.79 Å². The fourth-order valence-corrected chi connectivity index (χ4v) is 2.77. The van der Waals surface area contributed by atoms with Crippen LogP contribution in [0.25, 0.3) is 10.9 Å². The summed E-state index contributed by atoms with van der Waals surface area (Å²) in [7, 11) is 0. The number of aromatic amines is 1. The zero-order valence-electron chi connectivity index (χ0n) is 12.0. The van der Waals surface area contributed by atoms with Gasteiger partial charge in [0.25, 0.3) is 5.91 Å². The summed E-state index contributed by atoms with van der Waals surface area (Å²) in [5.74, 6) is -0.0492. The first-order valence-corrected chi connectivity index (χ1v) is 7.14. The second-order valence-corrected chi connectivity index (χ2v) is 5.52. The summed E-state index contributed by atoms with van der Waals surface area (Å²) in [6.45, 7) is 5.44. The third kappa shape index (κ3) is 2.43. The summed E-state index contributed by atoms with van der Waals surface area (Å²) in [5, 5.41) is 4.08. The van der Waals surface area contributed by atoms with Gasteiger partial charge in [0.05, 0.1) is 6.10 Å². The number of fused-ring (bicyclic) bond motifs is 1. The molecule has 2 N–H and O–H groups in total. The van der Waals surface area contributed by atoms with Crippen LogP contribution in [0.15, 0.2) is 18.2 Å². The first-order valence-electron chi connectivity index (χ1n) is 7.14. The summed E-state index contributed by atoms with van der Waals surface area (Å²) in [4.78, 5) is 15.5. The second-order valence-electron chi connectivity index (χ2n) is 5.52. The van der Waals surface area contributed by atoms with E-state index in [2.05, 4.69) is 23.3 Å². The van der Waals surface area contributed by atoms with Gasteiger partial charge >= 0.3 is 0 Å². The number of carbonyl (C=O) groups excluding carboxylic acids is 1. The highest BCUT2D eigenvalue weighted by molar-refractivity contribution is 6.01. The Morgan fingerprint density at radius 3 is 3.05 bits per heavy atom. The maximum absolute atomic E-state index is 12.3. The molecule has 1 aliphatic heterocycles. The van der Waals surface area contributed by atoms with Gasteiger partial charge in [0.2, 0.25) is 0 Å². The predicted octanol–water partition coefficient (Wildman–Crippen LogP) is 2.69. The van der Waals surface area contributed by atoms with Crippen molar-refractivity contribution in [1.82, 2.24) is 10.3 Å². The van der Waals surface area contributed by atoms with Crippen LogP contribution in [0.4, 0.5) is 0 Å². The number of benzene rings is 1. The fraction of sp³-hybridized carbons (Fsp3) is 0.438. The Labute approximate surface area is 118 Å². The van der Waals surface area contributed by atoms with Crippen molar-refractivity contribution >= 4 is 16.8 Å². The molecule has 20 heavy (non-hydrogen) atoms. The molecule has 1 aromatic carbocycles. The Hall–Kier alpha value is -1.81. The summed E-state index contributed by atoms with van der Waals surface area (Å²) >= 11 is 0. The standard InChI is InChI=1S/C16H20N2O2/c1-10-5-6-14-13(8-10)11(2)15(18-14)16(19)17-9-12-4-3-7-20-12/h5-6,8,12,18H,3-4,7,9H2,1-2H3,(H,17,19). The second kappa shape index (κ2) is 5.29. The molecule has 1 unspecified atom stereocenters. The van der Waals surface area contributed by atoms with Crippen molar-refractivity contribution in [3.8, 4) is 0 Å². The van der Waals surface area contributed by atoms with Crippen LogP contribution < -0.4 is 5.32 Å². The minimum absolute atomic E-state index is 0.0492. The average molecular weight is 272 g/mol. The van der Waals surface area contributed by atoms with E-state index in [0.29, 0.717) is 12.2 Å². The Kier molecular flexibility index (Phi) is 3.49. The van der Waals surface area contributed by atoms with E-state index in [0.717, 1.165) is 35.9 Å². The zero-order valence-corrected chi connectivity index (χ0v) is 12.0. The lowest BCUT2D eigenvalue weighted by Crippen LogP contribution is -2.32. The van der Waals surface area contributed by atoms with E-state index >= 15 is 0 Å². The summed E-state index contributed by atoms with van der Waals surface area (Å²) < 4.78 is 5.52. The van der Waals surface area contributed by atoms with Crippen LogP contribution in [-0.4, -0.2) is 30.1 Å². The molecule has 1 aliphatic rings. The maximum Gasteiger partial charge on any atom is 0.268 e. The van der Waals surface area contributed by atoms with Gasteiger partial charge in [-0.15, -0.1) is 0 Å². The van der Waals surface area contributed by atoms with Gasteiger partial charge in [0, 0.05) is 24.1 Å². The molecule has 1 amide bonds. The van der Waals surface area contributed by atoms with Crippen LogP contribution in [0.3, 0.4) is 0 Å². The molecule has 4 nitrogen and oxygen atoms in total. The molecule has 0 bridgehead atoms. The molecule has 0 saturated carbocycles. The van der Waals surface area contributed by atoms with Gasteiger partial charge in [0.15, 0.2) is 0 Å². The molecule has 0 spiro atoms. The smallest absolute Gasteiger partial charge is 0.268 e. The minimum atomic E-state index is -0.0492. The lowest BCUT2D eigenvalue weighted by Gasteiger charge is -2.10. The van der Waals surface area contributed by atoms with E-state index in [-0.39, 0.29) is 12.0 Å². The van der Waals surface area contributed by atoms with Gasteiger partial charge in [-0.05, 0) is 44.4 Å². The minimum Gasteiger partial charge on any atom is -0.376 e. The molecule has 0 aliphatic carbocycles. The number of aryl methyl sites for hydroxylation is 2. The Balaban J connectivity index is 1.78. The van der Waals surface area contributed by atoms with Crippen LogP contribution in [0, 0.1) is 13.8 Å². The molecule has 1 saturated heterocycles. The van der Waals surface area contributed by atoms with Crippen molar-refractivity contribution in [2.24, 2.45) is 0 Å². The average Bonchev–Trinajstić information content (AvgIpc) is 3.05. The van der Waals surface area contributed by atoms with Gasteiger partial charge in [0.1, 0.15) is 5.69 Å². The molecular formula is C16H20N2O2. The number of rotatable bonds is 3. The summed E-state index contributed by atoms with van der Waals surface area (Å²) in [5.41, 5.74) is 3.87. The number of hydrogen-bond acceptors (Lipinski definition) is 2. The zero-order chi connectivity index (χ0) is 14.1. The monoisotopic (exact) mass is 272 g/mol. The largest absolute Gasteiger partial charge is 0.376 e. The lowest BCUT2D eigenvalue weighted by atomic mass is 10.1. The van der Waals surface area contributed by atoms with Crippen molar-refractivity contribution in [1.29, 1.82) is 0 Å². The Morgan fingerprint density at radius 1 is 1.45 bits per heavy atom. The van der Waals surface area contributed by atoms with E-state index in [1.807, 2.05) is 19.1 Å². The normalized spacial score (nSPS) is 18.6. The van der Waals surface area contributed by atoms with E-state index < -0.39 is 0 Å². The van der Waals surface area contributed by atoms with Crippen LogP contribution in [-0.2, 0) is 4.74 Å². The van der Waals surface area contributed by atoms with Crippen LogP contribution in [0.5, 0.6) is 0 Å². The van der Waals surface area contributed by atoms with Gasteiger partial charge in [-0.3, -0.25) is 4.79 Å². The molecule has 3 rings (SSSR count). The fourth-order valence-electron chi connectivity index (χ4n) is 2.77. The molecular weight excluding hydrogens is 252 g/mol. The van der Waals surface area contributed by atoms with E-state index in [1.165, 1.54) is 5.56 Å². The first kappa shape index (κ1) is 13.2. The highest BCUT2D eigenvalue weighted by Crippen LogP contribution is 2.22. The number of nitrogens with one attached hydrogen (secondary N) is 2. The first-order chi connectivity index (χ1) is 9.65. The van der Waals surface area contributed by atoms with Gasteiger partial charge in [-0.2, -0.15) is 0 Å². The number of H-pyrrole nitrogens is 1. The van der Waals surface area contributed by atoms with Crippen LogP contribution >= 0.6 is 0 Å². The summed E-state index contributed by atoms with van der Waals surface area (Å²) in [6.07, 6.45) is 2.29. The topological polar surface area (TPSA) is 54.1 Å². The van der Waals surface area contributed by atoms with Crippen molar-refractivity contribution in [3.63, 3.8) is 0 Å².